The highest BCUT2D eigenvalue weighted by molar-refractivity contribution is 8.01. The summed E-state index contributed by atoms with van der Waals surface area (Å²) in [6, 6.07) is 11.1. The van der Waals surface area contributed by atoms with Crippen LogP contribution >= 0.6 is 23.1 Å². The van der Waals surface area contributed by atoms with Gasteiger partial charge in [-0.15, -0.1) is 11.3 Å². The van der Waals surface area contributed by atoms with Gasteiger partial charge in [-0.1, -0.05) is 23.9 Å². The largest absolute Gasteiger partial charge is 0.336 e. The maximum Gasteiger partial charge on any atom is 0.284 e. The molecule has 12 heteroatoms. The second-order valence-corrected chi connectivity index (χ2v) is 9.94. The Morgan fingerprint density at radius 1 is 1.09 bits per heavy atom. The number of nitrogens with zero attached hydrogens (tertiary/aromatic N) is 5. The first kappa shape index (κ1) is 23.8. The minimum absolute atomic E-state index is 0.0551. The number of benzene rings is 2. The number of aromatic nitrogens is 1. The summed E-state index contributed by atoms with van der Waals surface area (Å²) in [5.74, 6) is -0.250. The summed E-state index contributed by atoms with van der Waals surface area (Å²) in [5.41, 5.74) is 1.91. The van der Waals surface area contributed by atoms with Crippen LogP contribution in [0.2, 0.25) is 0 Å². The first-order valence-electron chi connectivity index (χ1n) is 10.4. The average molecular weight is 500 g/mol. The predicted octanol–water partition coefficient (Wildman–Crippen LogP) is 4.38. The Balaban J connectivity index is 1.40. The van der Waals surface area contributed by atoms with Crippen LogP contribution in [0.1, 0.15) is 21.6 Å². The molecule has 34 heavy (non-hydrogen) atoms. The highest BCUT2D eigenvalue weighted by Crippen LogP contribution is 2.37. The summed E-state index contributed by atoms with van der Waals surface area (Å²) in [6.45, 7) is 4.56. The molecule has 0 radical (unpaired) electrons. The number of thiazole rings is 1. The van der Waals surface area contributed by atoms with Crippen molar-refractivity contribution in [1.29, 1.82) is 0 Å². The van der Waals surface area contributed by atoms with Crippen molar-refractivity contribution < 1.29 is 14.6 Å². The molecule has 2 heterocycles. The van der Waals surface area contributed by atoms with Crippen LogP contribution in [0.3, 0.4) is 0 Å². The van der Waals surface area contributed by atoms with Gasteiger partial charge in [0.1, 0.15) is 0 Å². The minimum atomic E-state index is -0.476. The van der Waals surface area contributed by atoms with Gasteiger partial charge >= 0.3 is 0 Å². The average Bonchev–Trinajstić information content (AvgIpc) is 3.24. The molecule has 1 aromatic heterocycles. The summed E-state index contributed by atoms with van der Waals surface area (Å²) >= 11 is 2.63. The molecule has 1 aliphatic heterocycles. The molecule has 1 saturated heterocycles. The summed E-state index contributed by atoms with van der Waals surface area (Å²) in [5, 5.41) is 24.5. The zero-order valence-corrected chi connectivity index (χ0v) is 19.9. The van der Waals surface area contributed by atoms with Gasteiger partial charge in [0.25, 0.3) is 17.3 Å². The molecule has 1 aliphatic rings. The lowest BCUT2D eigenvalue weighted by molar-refractivity contribution is -0.387. The van der Waals surface area contributed by atoms with Gasteiger partial charge < -0.3 is 4.90 Å². The van der Waals surface area contributed by atoms with Crippen LogP contribution in [0.15, 0.2) is 57.1 Å². The van der Waals surface area contributed by atoms with E-state index in [4.69, 9.17) is 0 Å². The van der Waals surface area contributed by atoms with Gasteiger partial charge in [-0.2, -0.15) is 0 Å². The first-order valence-corrected chi connectivity index (χ1v) is 12.1. The van der Waals surface area contributed by atoms with Gasteiger partial charge in [0, 0.05) is 67.6 Å². The molecular formula is C22H21N5O5S2. The highest BCUT2D eigenvalue weighted by atomic mass is 32.2. The Kier molecular flexibility index (Phi) is 7.20. The molecule has 0 N–H and O–H groups in total. The number of hydrogen-bond acceptors (Lipinski definition) is 9. The number of rotatable bonds is 7. The number of aryl methyl sites for hydroxylation is 1. The summed E-state index contributed by atoms with van der Waals surface area (Å²) in [7, 11) is 0. The van der Waals surface area contributed by atoms with Crippen LogP contribution < -0.4 is 0 Å². The molecule has 0 unspecified atom stereocenters. The molecule has 4 rings (SSSR count). The third-order valence-corrected chi connectivity index (χ3v) is 7.51. The van der Waals surface area contributed by atoms with Crippen molar-refractivity contribution >= 4 is 40.4 Å². The smallest absolute Gasteiger partial charge is 0.284 e. The molecule has 1 amide bonds. The SMILES string of the molecule is Cc1csc(Sc2ccc(C(=O)N3CCN(Cc4cccc([N+](=O)[O-])c4)CC3)cc2[N+](=O)[O-])n1. The Bertz CT molecular complexity index is 1240. The van der Waals surface area contributed by atoms with E-state index >= 15 is 0 Å². The fraction of sp³-hybridized carbons (Fsp3) is 0.273. The molecule has 0 saturated carbocycles. The van der Waals surface area contributed by atoms with Gasteiger partial charge in [0.05, 0.1) is 14.7 Å². The maximum atomic E-state index is 13.0. The summed E-state index contributed by atoms with van der Waals surface area (Å²) in [6.07, 6.45) is 0. The fourth-order valence-electron chi connectivity index (χ4n) is 3.67. The molecule has 2 aromatic carbocycles. The van der Waals surface area contributed by atoms with Crippen LogP contribution in [-0.4, -0.2) is 56.7 Å². The van der Waals surface area contributed by atoms with E-state index in [0.717, 1.165) is 11.3 Å². The van der Waals surface area contributed by atoms with Gasteiger partial charge in [-0.25, -0.2) is 4.98 Å². The number of hydrogen-bond donors (Lipinski definition) is 0. The number of piperazine rings is 1. The summed E-state index contributed by atoms with van der Waals surface area (Å²) in [4.78, 5) is 43.3. The number of amides is 1. The topological polar surface area (TPSA) is 123 Å². The summed E-state index contributed by atoms with van der Waals surface area (Å²) < 4.78 is 0.708. The highest BCUT2D eigenvalue weighted by Gasteiger charge is 2.25. The van der Waals surface area contributed by atoms with E-state index in [1.165, 1.54) is 35.2 Å². The number of carbonyl (C=O) groups is 1. The van der Waals surface area contributed by atoms with Crippen molar-refractivity contribution in [3.05, 3.63) is 84.9 Å². The molecule has 1 fully saturated rings. The Labute approximate surface area is 203 Å². The molecular weight excluding hydrogens is 478 g/mol. The van der Waals surface area contributed by atoms with Crippen molar-refractivity contribution in [2.24, 2.45) is 0 Å². The van der Waals surface area contributed by atoms with E-state index in [0.29, 0.717) is 42.0 Å². The van der Waals surface area contributed by atoms with Gasteiger partial charge in [-0.3, -0.25) is 29.9 Å². The normalized spacial score (nSPS) is 14.2. The monoisotopic (exact) mass is 499 g/mol. The van der Waals surface area contributed by atoms with Crippen LogP contribution in [-0.2, 0) is 6.54 Å². The van der Waals surface area contributed by atoms with E-state index in [1.807, 2.05) is 18.4 Å². The van der Waals surface area contributed by atoms with Crippen molar-refractivity contribution in [2.75, 3.05) is 26.2 Å². The zero-order valence-electron chi connectivity index (χ0n) is 18.2. The number of carbonyl (C=O) groups excluding carboxylic acids is 1. The van der Waals surface area contributed by atoms with Crippen LogP contribution in [0.4, 0.5) is 11.4 Å². The third kappa shape index (κ3) is 5.58. The van der Waals surface area contributed by atoms with Crippen molar-refractivity contribution in [3.63, 3.8) is 0 Å². The maximum absolute atomic E-state index is 13.0. The third-order valence-electron chi connectivity index (χ3n) is 5.38. The molecule has 0 atom stereocenters. The van der Waals surface area contributed by atoms with Crippen LogP contribution in [0, 0.1) is 27.2 Å². The molecule has 0 spiro atoms. The Morgan fingerprint density at radius 2 is 1.85 bits per heavy atom. The van der Waals surface area contributed by atoms with Crippen LogP contribution in [0.25, 0.3) is 0 Å². The predicted molar refractivity (Wildman–Crippen MR) is 128 cm³/mol. The first-order chi connectivity index (χ1) is 16.3. The van der Waals surface area contributed by atoms with E-state index in [9.17, 15) is 25.0 Å². The van der Waals surface area contributed by atoms with Gasteiger partial charge in [0.15, 0.2) is 4.34 Å². The zero-order chi connectivity index (χ0) is 24.2. The van der Waals surface area contributed by atoms with E-state index in [1.54, 1.807) is 29.2 Å². The molecule has 176 valence electrons. The lowest BCUT2D eigenvalue weighted by atomic mass is 10.1. The van der Waals surface area contributed by atoms with Gasteiger partial charge in [-0.05, 0) is 24.6 Å². The molecule has 0 aliphatic carbocycles. The Morgan fingerprint density at radius 3 is 2.50 bits per heavy atom. The second-order valence-electron chi connectivity index (χ2n) is 7.79. The second kappa shape index (κ2) is 10.3. The number of non-ortho nitro benzene ring substituents is 1. The quantitative estimate of drug-likeness (QED) is 0.347. The minimum Gasteiger partial charge on any atom is -0.336 e. The van der Waals surface area contributed by atoms with Crippen LogP contribution in [0.5, 0.6) is 0 Å². The fourth-order valence-corrected chi connectivity index (χ4v) is 5.55. The standard InChI is InChI=1S/C22H21N5O5S2/c1-15-14-33-22(23-15)34-20-6-5-17(12-19(20)27(31)32)21(28)25-9-7-24(8-10-25)13-16-3-2-4-18(11-16)26(29)30/h2-6,11-12,14H,7-10,13H2,1H3. The molecule has 10 nitrogen and oxygen atoms in total. The van der Waals surface area contributed by atoms with Crippen molar-refractivity contribution in [3.8, 4) is 0 Å². The Hall–Kier alpha value is -3.35. The molecule has 3 aromatic rings. The van der Waals surface area contributed by atoms with Crippen molar-refractivity contribution in [1.82, 2.24) is 14.8 Å². The van der Waals surface area contributed by atoms with E-state index in [-0.39, 0.29) is 22.8 Å². The van der Waals surface area contributed by atoms with E-state index in [2.05, 4.69) is 9.88 Å². The lowest BCUT2D eigenvalue weighted by Gasteiger charge is -2.34. The number of nitro benzene ring substituents is 2. The van der Waals surface area contributed by atoms with Gasteiger partial charge in [0.2, 0.25) is 0 Å². The number of nitro groups is 2. The van der Waals surface area contributed by atoms with Crippen molar-refractivity contribution in [2.45, 2.75) is 22.7 Å². The van der Waals surface area contributed by atoms with E-state index < -0.39 is 9.85 Å². The molecule has 0 bridgehead atoms. The lowest BCUT2D eigenvalue weighted by Crippen LogP contribution is -2.48.